The van der Waals surface area contributed by atoms with E-state index in [-0.39, 0.29) is 5.91 Å². The van der Waals surface area contributed by atoms with Gasteiger partial charge >= 0.3 is 0 Å². The predicted molar refractivity (Wildman–Crippen MR) is 75.6 cm³/mol. The molecule has 1 saturated heterocycles. The van der Waals surface area contributed by atoms with Crippen LogP contribution in [-0.2, 0) is 4.79 Å². The molecule has 2 aliphatic carbocycles. The lowest BCUT2D eigenvalue weighted by Crippen LogP contribution is -2.64. The molecule has 0 spiro atoms. The van der Waals surface area contributed by atoms with E-state index in [2.05, 4.69) is 10.2 Å². The van der Waals surface area contributed by atoms with Gasteiger partial charge in [0.15, 0.2) is 0 Å². The summed E-state index contributed by atoms with van der Waals surface area (Å²) in [5.74, 6) is 1.17. The van der Waals surface area contributed by atoms with Gasteiger partial charge in [-0.25, -0.2) is 0 Å². The van der Waals surface area contributed by atoms with Crippen LogP contribution in [0.2, 0.25) is 0 Å². The van der Waals surface area contributed by atoms with E-state index in [1.54, 1.807) is 0 Å². The van der Waals surface area contributed by atoms with E-state index in [1.807, 2.05) is 7.05 Å². The number of rotatable bonds is 5. The van der Waals surface area contributed by atoms with Gasteiger partial charge in [0.2, 0.25) is 5.91 Å². The van der Waals surface area contributed by atoms with Crippen molar-refractivity contribution in [3.8, 4) is 0 Å². The smallest absolute Gasteiger partial charge is 0.239 e. The van der Waals surface area contributed by atoms with Crippen molar-refractivity contribution in [3.63, 3.8) is 0 Å². The fourth-order valence-electron chi connectivity index (χ4n) is 4.46. The minimum Gasteiger partial charge on any atom is -0.368 e. The first-order valence-corrected chi connectivity index (χ1v) is 7.90. The number of likely N-dealkylation sites (tertiary alicyclic amines) is 1. The molecule has 0 radical (unpaired) electrons. The Morgan fingerprint density at radius 3 is 2.63 bits per heavy atom. The van der Waals surface area contributed by atoms with E-state index in [1.165, 1.54) is 32.1 Å². The highest BCUT2D eigenvalue weighted by atomic mass is 16.1. The molecule has 3 aliphatic rings. The fraction of sp³-hybridized carbons (Fsp3) is 0.933. The Morgan fingerprint density at radius 2 is 2.00 bits per heavy atom. The number of hydrogen-bond acceptors (Lipinski definition) is 3. The molecule has 1 amide bonds. The zero-order valence-electron chi connectivity index (χ0n) is 12.0. The quantitative estimate of drug-likeness (QED) is 0.783. The van der Waals surface area contributed by atoms with E-state index >= 15 is 0 Å². The van der Waals surface area contributed by atoms with E-state index < -0.39 is 5.54 Å². The fourth-order valence-corrected chi connectivity index (χ4v) is 4.46. The van der Waals surface area contributed by atoms with Gasteiger partial charge in [0, 0.05) is 12.6 Å². The van der Waals surface area contributed by atoms with Crippen LogP contribution in [0.1, 0.15) is 44.9 Å². The minimum absolute atomic E-state index is 0.155. The van der Waals surface area contributed by atoms with Crippen LogP contribution in [0.5, 0.6) is 0 Å². The Kier molecular flexibility index (Phi) is 3.56. The number of carbonyl (C=O) groups is 1. The van der Waals surface area contributed by atoms with Crippen LogP contribution in [0.25, 0.3) is 0 Å². The van der Waals surface area contributed by atoms with Crippen LogP contribution in [-0.4, -0.2) is 42.5 Å². The Balaban J connectivity index is 1.75. The number of amides is 1. The van der Waals surface area contributed by atoms with Crippen LogP contribution in [0.4, 0.5) is 0 Å². The molecule has 4 heteroatoms. The highest BCUT2D eigenvalue weighted by Gasteiger charge is 2.51. The topological polar surface area (TPSA) is 58.4 Å². The molecule has 1 heterocycles. The summed E-state index contributed by atoms with van der Waals surface area (Å²) in [5.41, 5.74) is 5.27. The number of primary amides is 1. The zero-order valence-corrected chi connectivity index (χ0v) is 12.0. The molecular weight excluding hydrogens is 238 g/mol. The van der Waals surface area contributed by atoms with Crippen LogP contribution < -0.4 is 11.1 Å². The highest BCUT2D eigenvalue weighted by molar-refractivity contribution is 5.86. The van der Waals surface area contributed by atoms with Crippen molar-refractivity contribution in [3.05, 3.63) is 0 Å². The summed E-state index contributed by atoms with van der Waals surface area (Å²) >= 11 is 0. The normalized spacial score (nSPS) is 34.8. The van der Waals surface area contributed by atoms with Crippen molar-refractivity contribution in [1.29, 1.82) is 0 Å². The Labute approximate surface area is 116 Å². The Hall–Kier alpha value is -0.610. The number of piperidine rings is 1. The van der Waals surface area contributed by atoms with E-state index in [0.29, 0.717) is 12.0 Å². The number of hydrogen-bond donors (Lipinski definition) is 2. The first-order chi connectivity index (χ1) is 9.17. The summed E-state index contributed by atoms with van der Waals surface area (Å²) in [6, 6.07) is 0.708. The van der Waals surface area contributed by atoms with Gasteiger partial charge in [-0.05, 0) is 64.0 Å². The lowest BCUT2D eigenvalue weighted by molar-refractivity contribution is -0.126. The molecule has 19 heavy (non-hydrogen) atoms. The third-order valence-corrected chi connectivity index (χ3v) is 5.72. The largest absolute Gasteiger partial charge is 0.368 e. The first-order valence-electron chi connectivity index (χ1n) is 7.90. The van der Waals surface area contributed by atoms with E-state index in [0.717, 1.165) is 31.8 Å². The van der Waals surface area contributed by atoms with Gasteiger partial charge in [0.25, 0.3) is 0 Å². The molecular formula is C15H27N3O. The SMILES string of the molecule is CNC(CN1CCCC2CCCC21)(C(N)=O)C1CC1. The molecule has 3 atom stereocenters. The number of fused-ring (bicyclic) bond motifs is 1. The molecule has 3 unspecified atom stereocenters. The summed E-state index contributed by atoms with van der Waals surface area (Å²) in [7, 11) is 1.90. The van der Waals surface area contributed by atoms with Gasteiger partial charge < -0.3 is 11.1 Å². The average Bonchev–Trinajstić information content (AvgIpc) is 3.13. The number of carbonyl (C=O) groups excluding carboxylic acids is 1. The number of nitrogens with two attached hydrogens (primary N) is 1. The van der Waals surface area contributed by atoms with Crippen LogP contribution in [0.15, 0.2) is 0 Å². The van der Waals surface area contributed by atoms with Crippen molar-refractivity contribution < 1.29 is 4.79 Å². The molecule has 3 N–H and O–H groups in total. The molecule has 3 fully saturated rings. The number of nitrogens with one attached hydrogen (secondary N) is 1. The molecule has 1 aliphatic heterocycles. The molecule has 0 aromatic rings. The second-order valence-corrected chi connectivity index (χ2v) is 6.73. The average molecular weight is 265 g/mol. The summed E-state index contributed by atoms with van der Waals surface area (Å²) in [4.78, 5) is 14.6. The molecule has 4 nitrogen and oxygen atoms in total. The molecule has 0 aromatic carbocycles. The van der Waals surface area contributed by atoms with Gasteiger partial charge in [-0.15, -0.1) is 0 Å². The molecule has 3 rings (SSSR count). The van der Waals surface area contributed by atoms with Gasteiger partial charge in [-0.2, -0.15) is 0 Å². The molecule has 2 saturated carbocycles. The Bertz CT molecular complexity index is 355. The summed E-state index contributed by atoms with van der Waals surface area (Å²) in [6.45, 7) is 1.97. The molecule has 108 valence electrons. The van der Waals surface area contributed by atoms with Gasteiger partial charge in [0.05, 0.1) is 0 Å². The maximum Gasteiger partial charge on any atom is 0.239 e. The third-order valence-electron chi connectivity index (χ3n) is 5.72. The van der Waals surface area contributed by atoms with Gasteiger partial charge in [-0.3, -0.25) is 9.69 Å². The van der Waals surface area contributed by atoms with Crippen molar-refractivity contribution in [2.75, 3.05) is 20.1 Å². The van der Waals surface area contributed by atoms with Crippen molar-refractivity contribution in [1.82, 2.24) is 10.2 Å². The zero-order chi connectivity index (χ0) is 13.5. The van der Waals surface area contributed by atoms with Crippen LogP contribution in [0.3, 0.4) is 0 Å². The maximum absolute atomic E-state index is 12.0. The predicted octanol–water partition coefficient (Wildman–Crippen LogP) is 1.10. The molecule has 0 aromatic heterocycles. The van der Waals surface area contributed by atoms with Crippen LogP contribution in [0, 0.1) is 11.8 Å². The highest BCUT2D eigenvalue weighted by Crippen LogP contribution is 2.43. The summed E-state index contributed by atoms with van der Waals surface area (Å²) in [5, 5.41) is 3.29. The summed E-state index contributed by atoms with van der Waals surface area (Å²) < 4.78 is 0. The maximum atomic E-state index is 12.0. The van der Waals surface area contributed by atoms with Gasteiger partial charge in [-0.1, -0.05) is 6.42 Å². The second kappa shape index (κ2) is 5.06. The number of likely N-dealkylation sites (N-methyl/N-ethyl adjacent to an activating group) is 1. The lowest BCUT2D eigenvalue weighted by Gasteiger charge is -2.43. The van der Waals surface area contributed by atoms with Crippen molar-refractivity contribution in [2.24, 2.45) is 17.6 Å². The number of nitrogens with zero attached hydrogens (tertiary/aromatic N) is 1. The lowest BCUT2D eigenvalue weighted by atomic mass is 9.87. The standard InChI is InChI=1S/C15H27N3O/c1-17-15(14(16)19,12-7-8-12)10-18-9-3-5-11-4-2-6-13(11)18/h11-13,17H,2-10H2,1H3,(H2,16,19). The van der Waals surface area contributed by atoms with Crippen molar-refractivity contribution in [2.45, 2.75) is 56.5 Å². The van der Waals surface area contributed by atoms with Crippen molar-refractivity contribution >= 4 is 5.91 Å². The Morgan fingerprint density at radius 1 is 1.26 bits per heavy atom. The molecule has 0 bridgehead atoms. The second-order valence-electron chi connectivity index (χ2n) is 6.73. The summed E-state index contributed by atoms with van der Waals surface area (Å²) in [6.07, 6.45) is 9.01. The van der Waals surface area contributed by atoms with Crippen LogP contribution >= 0.6 is 0 Å². The minimum atomic E-state index is -0.482. The monoisotopic (exact) mass is 265 g/mol. The van der Waals surface area contributed by atoms with E-state index in [9.17, 15) is 4.79 Å². The van der Waals surface area contributed by atoms with E-state index in [4.69, 9.17) is 5.73 Å². The van der Waals surface area contributed by atoms with Gasteiger partial charge in [0.1, 0.15) is 5.54 Å². The third kappa shape index (κ3) is 2.29. The first kappa shape index (κ1) is 13.4.